The Hall–Kier alpha value is -1.61. The van der Waals surface area contributed by atoms with E-state index in [1.165, 1.54) is 5.56 Å². The molecule has 1 atom stereocenters. The van der Waals surface area contributed by atoms with E-state index in [4.69, 9.17) is 5.73 Å². The lowest BCUT2D eigenvalue weighted by Crippen LogP contribution is -2.17. The van der Waals surface area contributed by atoms with E-state index in [2.05, 4.69) is 63.1 Å². The lowest BCUT2D eigenvalue weighted by molar-refractivity contribution is 0.595. The highest BCUT2D eigenvalue weighted by Crippen LogP contribution is 2.23. The molecule has 0 aliphatic carbocycles. The minimum Gasteiger partial charge on any atom is -0.319 e. The van der Waals surface area contributed by atoms with E-state index in [-0.39, 0.29) is 6.04 Å². The van der Waals surface area contributed by atoms with Crippen molar-refractivity contribution < 1.29 is 0 Å². The number of aromatic nitrogens is 2. The second-order valence-electron chi connectivity index (χ2n) is 5.53. The SMILES string of the molecule is CCc1cc(C(N)c2ccc(C(C)C)cc2)n(CC)n1. The van der Waals surface area contributed by atoms with E-state index in [1.807, 2.05) is 4.68 Å². The van der Waals surface area contributed by atoms with Crippen molar-refractivity contribution >= 4 is 0 Å². The number of aryl methyl sites for hydroxylation is 2. The van der Waals surface area contributed by atoms with Gasteiger partial charge in [-0.15, -0.1) is 0 Å². The second-order valence-corrected chi connectivity index (χ2v) is 5.53. The van der Waals surface area contributed by atoms with Crippen LogP contribution in [-0.4, -0.2) is 9.78 Å². The minimum atomic E-state index is -0.107. The maximum Gasteiger partial charge on any atom is 0.0723 e. The molecule has 108 valence electrons. The molecule has 1 unspecified atom stereocenters. The van der Waals surface area contributed by atoms with Crippen LogP contribution < -0.4 is 5.73 Å². The molecule has 2 aromatic rings. The van der Waals surface area contributed by atoms with Gasteiger partial charge in [-0.3, -0.25) is 4.68 Å². The zero-order valence-electron chi connectivity index (χ0n) is 12.9. The van der Waals surface area contributed by atoms with Crippen molar-refractivity contribution in [3.8, 4) is 0 Å². The van der Waals surface area contributed by atoms with Crippen LogP contribution in [-0.2, 0) is 13.0 Å². The van der Waals surface area contributed by atoms with Crippen molar-refractivity contribution in [2.75, 3.05) is 0 Å². The fourth-order valence-corrected chi connectivity index (χ4v) is 2.42. The van der Waals surface area contributed by atoms with Crippen LogP contribution >= 0.6 is 0 Å². The number of nitrogens with zero attached hydrogens (tertiary/aromatic N) is 2. The Morgan fingerprint density at radius 2 is 1.70 bits per heavy atom. The van der Waals surface area contributed by atoms with Crippen molar-refractivity contribution in [3.63, 3.8) is 0 Å². The van der Waals surface area contributed by atoms with Gasteiger partial charge in [0.1, 0.15) is 0 Å². The summed E-state index contributed by atoms with van der Waals surface area (Å²) in [5.74, 6) is 0.549. The van der Waals surface area contributed by atoms with Crippen LogP contribution in [0.5, 0.6) is 0 Å². The molecule has 1 aromatic carbocycles. The Labute approximate surface area is 121 Å². The Bertz CT molecular complexity index is 552. The van der Waals surface area contributed by atoms with Crippen molar-refractivity contribution in [1.29, 1.82) is 0 Å². The third kappa shape index (κ3) is 2.93. The van der Waals surface area contributed by atoms with Crippen molar-refractivity contribution in [2.24, 2.45) is 5.73 Å². The van der Waals surface area contributed by atoms with Crippen molar-refractivity contribution in [2.45, 2.75) is 52.6 Å². The van der Waals surface area contributed by atoms with Gasteiger partial charge in [-0.2, -0.15) is 5.10 Å². The molecule has 1 heterocycles. The molecule has 3 nitrogen and oxygen atoms in total. The van der Waals surface area contributed by atoms with E-state index in [1.54, 1.807) is 0 Å². The number of hydrogen-bond donors (Lipinski definition) is 1. The molecule has 0 fully saturated rings. The predicted molar refractivity (Wildman–Crippen MR) is 83.8 cm³/mol. The number of benzene rings is 1. The Morgan fingerprint density at radius 3 is 2.20 bits per heavy atom. The third-order valence-corrected chi connectivity index (χ3v) is 3.80. The number of nitrogens with two attached hydrogens (primary N) is 1. The van der Waals surface area contributed by atoms with E-state index < -0.39 is 0 Å². The van der Waals surface area contributed by atoms with Gasteiger partial charge in [0.15, 0.2) is 0 Å². The molecule has 3 heteroatoms. The average molecular weight is 271 g/mol. The minimum absolute atomic E-state index is 0.107. The quantitative estimate of drug-likeness (QED) is 0.902. The van der Waals surface area contributed by atoms with Gasteiger partial charge in [0.25, 0.3) is 0 Å². The zero-order chi connectivity index (χ0) is 14.7. The van der Waals surface area contributed by atoms with Gasteiger partial charge in [-0.1, -0.05) is 45.0 Å². The molecular formula is C17H25N3. The smallest absolute Gasteiger partial charge is 0.0723 e. The van der Waals surface area contributed by atoms with Crippen LogP contribution in [0.4, 0.5) is 0 Å². The first-order valence-corrected chi connectivity index (χ1v) is 7.48. The van der Waals surface area contributed by atoms with Crippen LogP contribution in [0.3, 0.4) is 0 Å². The average Bonchev–Trinajstić information content (AvgIpc) is 2.90. The molecule has 1 aromatic heterocycles. The van der Waals surface area contributed by atoms with E-state index >= 15 is 0 Å². The molecule has 20 heavy (non-hydrogen) atoms. The molecular weight excluding hydrogens is 246 g/mol. The van der Waals surface area contributed by atoms with Gasteiger partial charge in [0, 0.05) is 6.54 Å². The van der Waals surface area contributed by atoms with Crippen LogP contribution in [0.25, 0.3) is 0 Å². The lowest BCUT2D eigenvalue weighted by atomic mass is 9.98. The van der Waals surface area contributed by atoms with Gasteiger partial charge >= 0.3 is 0 Å². The summed E-state index contributed by atoms with van der Waals surface area (Å²) < 4.78 is 2.01. The first-order valence-electron chi connectivity index (χ1n) is 7.48. The first kappa shape index (κ1) is 14.8. The molecule has 0 radical (unpaired) electrons. The molecule has 0 aliphatic heterocycles. The molecule has 2 rings (SSSR count). The predicted octanol–water partition coefficient (Wildman–Crippen LogP) is 3.64. The summed E-state index contributed by atoms with van der Waals surface area (Å²) in [6.45, 7) is 9.48. The molecule has 0 saturated carbocycles. The van der Waals surface area contributed by atoms with Crippen LogP contribution in [0.1, 0.15) is 62.2 Å². The zero-order valence-corrected chi connectivity index (χ0v) is 12.9. The van der Waals surface area contributed by atoms with E-state index in [0.29, 0.717) is 5.92 Å². The van der Waals surface area contributed by atoms with Crippen LogP contribution in [0.2, 0.25) is 0 Å². The molecule has 0 saturated heterocycles. The maximum absolute atomic E-state index is 6.43. The summed E-state index contributed by atoms with van der Waals surface area (Å²) >= 11 is 0. The summed E-state index contributed by atoms with van der Waals surface area (Å²) in [6, 6.07) is 10.6. The highest BCUT2D eigenvalue weighted by atomic mass is 15.3. The van der Waals surface area contributed by atoms with Gasteiger partial charge in [-0.25, -0.2) is 0 Å². The number of hydrogen-bond acceptors (Lipinski definition) is 2. The highest BCUT2D eigenvalue weighted by molar-refractivity contribution is 5.32. The summed E-state index contributed by atoms with van der Waals surface area (Å²) in [5.41, 5.74) is 11.1. The first-order chi connectivity index (χ1) is 9.56. The number of rotatable bonds is 5. The highest BCUT2D eigenvalue weighted by Gasteiger charge is 2.15. The summed E-state index contributed by atoms with van der Waals surface area (Å²) in [4.78, 5) is 0. The van der Waals surface area contributed by atoms with Crippen molar-refractivity contribution in [3.05, 3.63) is 52.8 Å². The maximum atomic E-state index is 6.43. The summed E-state index contributed by atoms with van der Waals surface area (Å²) in [6.07, 6.45) is 0.943. The molecule has 0 bridgehead atoms. The second kappa shape index (κ2) is 6.23. The monoisotopic (exact) mass is 271 g/mol. The largest absolute Gasteiger partial charge is 0.319 e. The topological polar surface area (TPSA) is 43.8 Å². The van der Waals surface area contributed by atoms with E-state index in [0.717, 1.165) is 29.9 Å². The molecule has 0 aliphatic rings. The Balaban J connectivity index is 2.30. The Kier molecular flexibility index (Phi) is 4.61. The summed E-state index contributed by atoms with van der Waals surface area (Å²) in [7, 11) is 0. The summed E-state index contributed by atoms with van der Waals surface area (Å²) in [5, 5.41) is 4.58. The fourth-order valence-electron chi connectivity index (χ4n) is 2.42. The molecule has 0 amide bonds. The molecule has 2 N–H and O–H groups in total. The van der Waals surface area contributed by atoms with Crippen molar-refractivity contribution in [1.82, 2.24) is 9.78 Å². The van der Waals surface area contributed by atoms with Gasteiger partial charge in [0.05, 0.1) is 17.4 Å². The lowest BCUT2D eigenvalue weighted by Gasteiger charge is -2.15. The fraction of sp³-hybridized carbons (Fsp3) is 0.471. The molecule has 0 spiro atoms. The van der Waals surface area contributed by atoms with Gasteiger partial charge in [0.2, 0.25) is 0 Å². The van der Waals surface area contributed by atoms with Gasteiger partial charge in [-0.05, 0) is 36.5 Å². The standard InChI is InChI=1S/C17H25N3/c1-5-15-11-16(20(6-2)19-15)17(18)14-9-7-13(8-10-14)12(3)4/h7-12,17H,5-6,18H2,1-4H3. The van der Waals surface area contributed by atoms with Crippen LogP contribution in [0.15, 0.2) is 30.3 Å². The van der Waals surface area contributed by atoms with E-state index in [9.17, 15) is 0 Å². The van der Waals surface area contributed by atoms with Gasteiger partial charge < -0.3 is 5.73 Å². The van der Waals surface area contributed by atoms with Crippen LogP contribution in [0, 0.1) is 0 Å². The third-order valence-electron chi connectivity index (χ3n) is 3.80. The Morgan fingerprint density at radius 1 is 1.10 bits per heavy atom. The normalized spacial score (nSPS) is 12.9.